The first-order valence-corrected chi connectivity index (χ1v) is 5.97. The van der Waals surface area contributed by atoms with Crippen LogP contribution in [0.2, 0.25) is 5.02 Å². The lowest BCUT2D eigenvalue weighted by atomic mass is 10.1. The lowest BCUT2D eigenvalue weighted by Gasteiger charge is -2.07. The number of alkyl halides is 3. The van der Waals surface area contributed by atoms with Crippen LogP contribution in [-0.4, -0.2) is 0 Å². The van der Waals surface area contributed by atoms with Gasteiger partial charge in [0.15, 0.2) is 0 Å². The molecule has 0 aliphatic carbocycles. The van der Waals surface area contributed by atoms with Gasteiger partial charge in [-0.3, -0.25) is 4.79 Å². The van der Waals surface area contributed by atoms with Crippen LogP contribution in [0.25, 0.3) is 21.9 Å². The van der Waals surface area contributed by atoms with E-state index in [0.29, 0.717) is 5.02 Å². The zero-order chi connectivity index (χ0) is 14.5. The van der Waals surface area contributed by atoms with E-state index in [4.69, 9.17) is 16.0 Å². The third-order valence-electron chi connectivity index (χ3n) is 2.96. The molecule has 1 heterocycles. The van der Waals surface area contributed by atoms with Gasteiger partial charge in [0.2, 0.25) is 5.43 Å². The number of halogens is 4. The smallest absolute Gasteiger partial charge is 0.416 e. The summed E-state index contributed by atoms with van der Waals surface area (Å²) in [7, 11) is 0. The van der Waals surface area contributed by atoms with Crippen LogP contribution in [0, 0.1) is 0 Å². The Kier molecular flexibility index (Phi) is 2.76. The summed E-state index contributed by atoms with van der Waals surface area (Å²) >= 11 is 5.79. The number of fused-ring (bicyclic) bond motifs is 2. The molecule has 0 spiro atoms. The first kappa shape index (κ1) is 13.0. The monoisotopic (exact) mass is 298 g/mol. The Balaban J connectivity index is 2.43. The summed E-state index contributed by atoms with van der Waals surface area (Å²) < 4.78 is 43.4. The van der Waals surface area contributed by atoms with E-state index >= 15 is 0 Å². The summed E-state index contributed by atoms with van der Waals surface area (Å²) in [6.45, 7) is 0. The maximum absolute atomic E-state index is 12.7. The Morgan fingerprint density at radius 3 is 2.20 bits per heavy atom. The molecule has 0 saturated heterocycles. The van der Waals surface area contributed by atoms with Gasteiger partial charge in [-0.2, -0.15) is 13.2 Å². The topological polar surface area (TPSA) is 30.2 Å². The zero-order valence-corrected chi connectivity index (χ0v) is 10.5. The fourth-order valence-electron chi connectivity index (χ4n) is 2.00. The van der Waals surface area contributed by atoms with Crippen LogP contribution in [0.1, 0.15) is 5.56 Å². The molecule has 0 aliphatic rings. The molecule has 0 bridgehead atoms. The highest BCUT2D eigenvalue weighted by atomic mass is 35.5. The first-order valence-electron chi connectivity index (χ1n) is 5.59. The Hall–Kier alpha value is -2.01. The van der Waals surface area contributed by atoms with Gasteiger partial charge in [-0.15, -0.1) is 0 Å². The SMILES string of the molecule is O=c1c2cc(Cl)ccc2oc2ccc(C(F)(F)F)cc12. The molecule has 0 amide bonds. The van der Waals surface area contributed by atoms with E-state index in [-0.39, 0.29) is 21.9 Å². The molecule has 102 valence electrons. The molecule has 1 aromatic heterocycles. The fourth-order valence-corrected chi connectivity index (χ4v) is 2.18. The van der Waals surface area contributed by atoms with Gasteiger partial charge in [-0.1, -0.05) is 11.6 Å². The fraction of sp³-hybridized carbons (Fsp3) is 0.0714. The van der Waals surface area contributed by atoms with Gasteiger partial charge in [0.05, 0.1) is 16.3 Å². The van der Waals surface area contributed by atoms with Crippen molar-refractivity contribution in [2.24, 2.45) is 0 Å². The highest BCUT2D eigenvalue weighted by molar-refractivity contribution is 6.31. The van der Waals surface area contributed by atoms with Crippen molar-refractivity contribution in [2.75, 3.05) is 0 Å². The van der Waals surface area contributed by atoms with E-state index in [1.165, 1.54) is 12.1 Å². The number of hydrogen-bond acceptors (Lipinski definition) is 2. The van der Waals surface area contributed by atoms with Crippen molar-refractivity contribution >= 4 is 33.5 Å². The number of hydrogen-bond donors (Lipinski definition) is 0. The van der Waals surface area contributed by atoms with Crippen molar-refractivity contribution in [2.45, 2.75) is 6.18 Å². The number of rotatable bonds is 0. The van der Waals surface area contributed by atoms with Gasteiger partial charge in [-0.05, 0) is 36.4 Å². The second kappa shape index (κ2) is 4.24. The van der Waals surface area contributed by atoms with Crippen LogP contribution >= 0.6 is 11.6 Å². The van der Waals surface area contributed by atoms with Crippen LogP contribution < -0.4 is 5.43 Å². The highest BCUT2D eigenvalue weighted by Gasteiger charge is 2.31. The second-order valence-corrected chi connectivity index (χ2v) is 4.72. The molecule has 0 aliphatic heterocycles. The van der Waals surface area contributed by atoms with Crippen molar-refractivity contribution < 1.29 is 17.6 Å². The normalized spacial score (nSPS) is 12.2. The van der Waals surface area contributed by atoms with Crippen molar-refractivity contribution in [3.63, 3.8) is 0 Å². The van der Waals surface area contributed by atoms with Gasteiger partial charge in [-0.25, -0.2) is 0 Å². The molecule has 2 aromatic carbocycles. The molecule has 0 fully saturated rings. The quantitative estimate of drug-likeness (QED) is 0.567. The Bertz CT molecular complexity index is 881. The van der Waals surface area contributed by atoms with Crippen molar-refractivity contribution in [3.05, 3.63) is 57.2 Å². The molecule has 6 heteroatoms. The van der Waals surface area contributed by atoms with Crippen LogP contribution in [0.15, 0.2) is 45.6 Å². The summed E-state index contributed by atoms with van der Waals surface area (Å²) in [4.78, 5) is 12.2. The Morgan fingerprint density at radius 2 is 1.55 bits per heavy atom. The molecule has 3 aromatic rings. The zero-order valence-electron chi connectivity index (χ0n) is 9.79. The van der Waals surface area contributed by atoms with E-state index in [0.717, 1.165) is 18.2 Å². The summed E-state index contributed by atoms with van der Waals surface area (Å²) in [5.74, 6) is 0. The molecule has 20 heavy (non-hydrogen) atoms. The van der Waals surface area contributed by atoms with Gasteiger partial charge in [0.25, 0.3) is 0 Å². The molecular weight excluding hydrogens is 293 g/mol. The third-order valence-corrected chi connectivity index (χ3v) is 3.19. The van der Waals surface area contributed by atoms with Crippen LogP contribution in [0.5, 0.6) is 0 Å². The second-order valence-electron chi connectivity index (χ2n) is 4.28. The number of benzene rings is 2. The van der Waals surface area contributed by atoms with Crippen LogP contribution in [0.4, 0.5) is 13.2 Å². The summed E-state index contributed by atoms with van der Waals surface area (Å²) in [5, 5.41) is 0.357. The minimum absolute atomic E-state index is 0.109. The van der Waals surface area contributed by atoms with E-state index in [2.05, 4.69) is 0 Å². The molecule has 3 rings (SSSR count). The van der Waals surface area contributed by atoms with Crippen LogP contribution in [0.3, 0.4) is 0 Å². The van der Waals surface area contributed by atoms with Crippen molar-refractivity contribution in [3.8, 4) is 0 Å². The molecule has 0 N–H and O–H groups in total. The standard InChI is InChI=1S/C14H6ClF3O2/c15-8-2-4-12-10(6-8)13(19)9-5-7(14(16,17)18)1-3-11(9)20-12/h1-6H. The van der Waals surface area contributed by atoms with Gasteiger partial charge in [0.1, 0.15) is 11.2 Å². The van der Waals surface area contributed by atoms with Gasteiger partial charge in [0, 0.05) is 5.02 Å². The van der Waals surface area contributed by atoms with Crippen molar-refractivity contribution in [1.82, 2.24) is 0 Å². The summed E-state index contributed by atoms with van der Waals surface area (Å²) in [6.07, 6.45) is -4.51. The highest BCUT2D eigenvalue weighted by Crippen LogP contribution is 2.31. The molecule has 0 atom stereocenters. The largest absolute Gasteiger partial charge is 0.456 e. The Labute approximate surface area is 115 Å². The average Bonchev–Trinajstić information content (AvgIpc) is 2.38. The van der Waals surface area contributed by atoms with E-state index in [9.17, 15) is 18.0 Å². The molecular formula is C14H6ClF3O2. The van der Waals surface area contributed by atoms with E-state index < -0.39 is 17.2 Å². The summed E-state index contributed by atoms with van der Waals surface area (Å²) in [5.41, 5.74) is -1.03. The van der Waals surface area contributed by atoms with Crippen molar-refractivity contribution in [1.29, 1.82) is 0 Å². The lowest BCUT2D eigenvalue weighted by Crippen LogP contribution is -2.08. The Morgan fingerprint density at radius 1 is 0.950 bits per heavy atom. The lowest BCUT2D eigenvalue weighted by molar-refractivity contribution is -0.137. The molecule has 0 unspecified atom stereocenters. The van der Waals surface area contributed by atoms with Crippen LogP contribution in [-0.2, 0) is 6.18 Å². The van der Waals surface area contributed by atoms with Gasteiger partial charge >= 0.3 is 6.18 Å². The predicted molar refractivity (Wildman–Crippen MR) is 70.0 cm³/mol. The molecule has 0 radical (unpaired) electrons. The first-order chi connectivity index (χ1) is 9.36. The van der Waals surface area contributed by atoms with Gasteiger partial charge < -0.3 is 4.42 Å². The minimum Gasteiger partial charge on any atom is -0.456 e. The average molecular weight is 299 g/mol. The maximum Gasteiger partial charge on any atom is 0.416 e. The maximum atomic E-state index is 12.7. The van der Waals surface area contributed by atoms with E-state index in [1.807, 2.05) is 0 Å². The third kappa shape index (κ3) is 2.04. The molecule has 0 saturated carbocycles. The van der Waals surface area contributed by atoms with E-state index in [1.54, 1.807) is 6.07 Å². The minimum atomic E-state index is -4.51. The predicted octanol–water partition coefficient (Wildman–Crippen LogP) is 4.62. The molecule has 2 nitrogen and oxygen atoms in total. The summed E-state index contributed by atoms with van der Waals surface area (Å²) in [6, 6.07) is 7.25.